The first kappa shape index (κ1) is 15.0. The van der Waals surface area contributed by atoms with Crippen LogP contribution < -0.4 is 10.6 Å². The van der Waals surface area contributed by atoms with Gasteiger partial charge < -0.3 is 10.6 Å². The fraction of sp³-hybridized carbons (Fsp3) is 0.286. The minimum Gasteiger partial charge on any atom is -0.373 e. The molecule has 2 N–H and O–H groups in total. The van der Waals surface area contributed by atoms with E-state index in [9.17, 15) is 4.39 Å². The summed E-state index contributed by atoms with van der Waals surface area (Å²) in [5.41, 5.74) is 1.77. The summed E-state index contributed by atoms with van der Waals surface area (Å²) in [7, 11) is 1.83. The standard InChI is InChI=1S/C14H16FIN4/c1-4-12-19-13(17-3)8(2)14(20-12)18-11-6-5-9(15)7-10(11)16/h5-7H,4H2,1-3H3,(H2,17,18,19,20). The highest BCUT2D eigenvalue weighted by Gasteiger charge is 2.11. The van der Waals surface area contributed by atoms with Gasteiger partial charge in [-0.1, -0.05) is 6.92 Å². The van der Waals surface area contributed by atoms with Crippen LogP contribution in [0.5, 0.6) is 0 Å². The minimum absolute atomic E-state index is 0.246. The normalized spacial score (nSPS) is 10.4. The van der Waals surface area contributed by atoms with Gasteiger partial charge in [0.25, 0.3) is 0 Å². The lowest BCUT2D eigenvalue weighted by Crippen LogP contribution is -2.07. The molecule has 0 bridgehead atoms. The van der Waals surface area contributed by atoms with Gasteiger partial charge in [-0.25, -0.2) is 14.4 Å². The molecule has 1 aromatic heterocycles. The van der Waals surface area contributed by atoms with Crippen LogP contribution in [0.2, 0.25) is 0 Å². The Hall–Kier alpha value is -1.44. The number of nitrogens with one attached hydrogen (secondary N) is 2. The second kappa shape index (κ2) is 6.34. The lowest BCUT2D eigenvalue weighted by molar-refractivity contribution is 0.627. The molecule has 0 spiro atoms. The number of hydrogen-bond acceptors (Lipinski definition) is 4. The number of nitrogens with zero attached hydrogens (tertiary/aromatic N) is 2. The summed E-state index contributed by atoms with van der Waals surface area (Å²) < 4.78 is 13.9. The van der Waals surface area contributed by atoms with Crippen LogP contribution in [0.3, 0.4) is 0 Å². The molecule has 20 heavy (non-hydrogen) atoms. The Kier molecular flexibility index (Phi) is 4.74. The molecule has 0 aliphatic heterocycles. The highest BCUT2D eigenvalue weighted by Crippen LogP contribution is 2.26. The van der Waals surface area contributed by atoms with Crippen molar-refractivity contribution in [2.45, 2.75) is 20.3 Å². The van der Waals surface area contributed by atoms with E-state index in [1.54, 1.807) is 6.07 Å². The molecule has 0 saturated heterocycles. The van der Waals surface area contributed by atoms with Crippen molar-refractivity contribution >= 4 is 39.9 Å². The van der Waals surface area contributed by atoms with Crippen LogP contribution >= 0.6 is 22.6 Å². The van der Waals surface area contributed by atoms with E-state index in [4.69, 9.17) is 0 Å². The molecule has 0 amide bonds. The van der Waals surface area contributed by atoms with Crippen molar-refractivity contribution in [3.05, 3.63) is 39.0 Å². The molecule has 0 atom stereocenters. The zero-order valence-electron chi connectivity index (χ0n) is 11.6. The van der Waals surface area contributed by atoms with E-state index in [2.05, 4.69) is 43.2 Å². The maximum absolute atomic E-state index is 13.1. The lowest BCUT2D eigenvalue weighted by Gasteiger charge is -2.14. The SMILES string of the molecule is CCc1nc(NC)c(C)c(Nc2ccc(F)cc2I)n1. The molecule has 4 nitrogen and oxygen atoms in total. The molecular weight excluding hydrogens is 370 g/mol. The van der Waals surface area contributed by atoms with E-state index in [-0.39, 0.29) is 5.82 Å². The maximum atomic E-state index is 13.1. The molecule has 1 aromatic carbocycles. The molecular formula is C14H16FIN4. The fourth-order valence-electron chi connectivity index (χ4n) is 1.80. The highest BCUT2D eigenvalue weighted by molar-refractivity contribution is 14.1. The highest BCUT2D eigenvalue weighted by atomic mass is 127. The number of aryl methyl sites for hydroxylation is 1. The molecule has 0 aliphatic carbocycles. The molecule has 106 valence electrons. The third-order valence-corrected chi connectivity index (χ3v) is 3.82. The third kappa shape index (κ3) is 3.17. The van der Waals surface area contributed by atoms with Crippen LogP contribution in [0.15, 0.2) is 18.2 Å². The van der Waals surface area contributed by atoms with E-state index in [0.717, 1.165) is 38.7 Å². The molecule has 0 fully saturated rings. The van der Waals surface area contributed by atoms with E-state index < -0.39 is 0 Å². The van der Waals surface area contributed by atoms with Crippen molar-refractivity contribution in [2.75, 3.05) is 17.7 Å². The predicted molar refractivity (Wildman–Crippen MR) is 88.1 cm³/mol. The summed E-state index contributed by atoms with van der Waals surface area (Å²) in [5.74, 6) is 2.06. The van der Waals surface area contributed by atoms with Crippen molar-refractivity contribution in [1.29, 1.82) is 0 Å². The summed E-state index contributed by atoms with van der Waals surface area (Å²) in [4.78, 5) is 8.92. The first-order chi connectivity index (χ1) is 9.55. The van der Waals surface area contributed by atoms with Gasteiger partial charge in [0.2, 0.25) is 0 Å². The van der Waals surface area contributed by atoms with Crippen molar-refractivity contribution in [2.24, 2.45) is 0 Å². The van der Waals surface area contributed by atoms with E-state index in [1.807, 2.05) is 20.9 Å². The quantitative estimate of drug-likeness (QED) is 0.784. The molecule has 0 saturated carbocycles. The molecule has 0 radical (unpaired) electrons. The van der Waals surface area contributed by atoms with Gasteiger partial charge in [0.15, 0.2) is 0 Å². The summed E-state index contributed by atoms with van der Waals surface area (Å²) in [6.07, 6.45) is 0.754. The Balaban J connectivity index is 2.42. The first-order valence-corrected chi connectivity index (χ1v) is 7.40. The number of anilines is 3. The summed E-state index contributed by atoms with van der Waals surface area (Å²) in [6.45, 7) is 3.96. The van der Waals surface area contributed by atoms with E-state index in [1.165, 1.54) is 12.1 Å². The summed E-state index contributed by atoms with van der Waals surface area (Å²) in [6, 6.07) is 4.63. The molecule has 2 aromatic rings. The van der Waals surface area contributed by atoms with Crippen LogP contribution in [-0.4, -0.2) is 17.0 Å². The van der Waals surface area contributed by atoms with Gasteiger partial charge >= 0.3 is 0 Å². The van der Waals surface area contributed by atoms with Gasteiger partial charge in [0.1, 0.15) is 23.3 Å². The Bertz CT molecular complexity index is 631. The maximum Gasteiger partial charge on any atom is 0.139 e. The summed E-state index contributed by atoms with van der Waals surface area (Å²) >= 11 is 2.10. The van der Waals surface area contributed by atoms with Crippen LogP contribution in [0, 0.1) is 16.3 Å². The van der Waals surface area contributed by atoms with E-state index in [0.29, 0.717) is 0 Å². The molecule has 0 aliphatic rings. The second-order valence-corrected chi connectivity index (χ2v) is 5.48. The molecule has 1 heterocycles. The van der Waals surface area contributed by atoms with Crippen molar-refractivity contribution in [3.63, 3.8) is 0 Å². The van der Waals surface area contributed by atoms with Gasteiger partial charge in [-0.05, 0) is 47.7 Å². The second-order valence-electron chi connectivity index (χ2n) is 4.31. The molecule has 0 unspecified atom stereocenters. The lowest BCUT2D eigenvalue weighted by atomic mass is 10.2. The number of halogens is 2. The largest absolute Gasteiger partial charge is 0.373 e. The number of benzene rings is 1. The zero-order chi connectivity index (χ0) is 14.7. The Morgan fingerprint density at radius 2 is 1.95 bits per heavy atom. The van der Waals surface area contributed by atoms with Gasteiger partial charge in [0, 0.05) is 22.6 Å². The van der Waals surface area contributed by atoms with Crippen LogP contribution in [0.1, 0.15) is 18.3 Å². The van der Waals surface area contributed by atoms with Gasteiger partial charge in [-0.15, -0.1) is 0 Å². The third-order valence-electron chi connectivity index (χ3n) is 2.93. The number of hydrogen-bond donors (Lipinski definition) is 2. The van der Waals surface area contributed by atoms with Crippen LogP contribution in [-0.2, 0) is 6.42 Å². The molecule has 2 rings (SSSR count). The average Bonchev–Trinajstić information content (AvgIpc) is 2.43. The Morgan fingerprint density at radius 3 is 2.55 bits per heavy atom. The first-order valence-electron chi connectivity index (χ1n) is 6.32. The van der Waals surface area contributed by atoms with E-state index >= 15 is 0 Å². The monoisotopic (exact) mass is 386 g/mol. The van der Waals surface area contributed by atoms with Gasteiger partial charge in [0.05, 0.1) is 5.69 Å². The van der Waals surface area contributed by atoms with Gasteiger partial charge in [-0.3, -0.25) is 0 Å². The average molecular weight is 386 g/mol. The van der Waals surface area contributed by atoms with Crippen LogP contribution in [0.25, 0.3) is 0 Å². The number of rotatable bonds is 4. The topological polar surface area (TPSA) is 49.8 Å². The number of aromatic nitrogens is 2. The minimum atomic E-state index is -0.246. The smallest absolute Gasteiger partial charge is 0.139 e. The Morgan fingerprint density at radius 1 is 1.25 bits per heavy atom. The zero-order valence-corrected chi connectivity index (χ0v) is 13.7. The van der Waals surface area contributed by atoms with Crippen molar-refractivity contribution < 1.29 is 4.39 Å². The van der Waals surface area contributed by atoms with Gasteiger partial charge in [-0.2, -0.15) is 0 Å². The Labute approximate surface area is 131 Å². The molecule has 6 heteroatoms. The van der Waals surface area contributed by atoms with Crippen molar-refractivity contribution in [1.82, 2.24) is 9.97 Å². The fourth-order valence-corrected chi connectivity index (χ4v) is 2.42. The van der Waals surface area contributed by atoms with Crippen LogP contribution in [0.4, 0.5) is 21.7 Å². The van der Waals surface area contributed by atoms with Crippen molar-refractivity contribution in [3.8, 4) is 0 Å². The predicted octanol–water partition coefficient (Wildman–Crippen LogP) is 3.88. The summed E-state index contributed by atoms with van der Waals surface area (Å²) in [5, 5.41) is 6.32.